The van der Waals surface area contributed by atoms with Gasteiger partial charge in [0.05, 0.1) is 25.8 Å². The number of aromatic nitrogens is 2. The number of hydrogen-bond donors (Lipinski definition) is 2. The van der Waals surface area contributed by atoms with E-state index in [1.165, 1.54) is 16.0 Å². The molecule has 3 aromatic rings. The number of guanidine groups is 1. The topological polar surface area (TPSA) is 66.7 Å². The van der Waals surface area contributed by atoms with Crippen LogP contribution in [0.15, 0.2) is 65.2 Å². The number of hydrogen-bond acceptors (Lipinski definition) is 5. The van der Waals surface area contributed by atoms with Crippen molar-refractivity contribution in [1.82, 2.24) is 25.3 Å². The van der Waals surface area contributed by atoms with Crippen LogP contribution in [0.5, 0.6) is 0 Å². The van der Waals surface area contributed by atoms with Crippen LogP contribution < -0.4 is 10.6 Å². The maximum atomic E-state index is 5.54. The average Bonchev–Trinajstić information content (AvgIpc) is 3.52. The highest BCUT2D eigenvalue weighted by Gasteiger charge is 2.23. The van der Waals surface area contributed by atoms with E-state index in [4.69, 9.17) is 4.74 Å². The number of rotatable bonds is 8. The van der Waals surface area contributed by atoms with Gasteiger partial charge in [-0.1, -0.05) is 30.3 Å². The average molecular weight is 567 g/mol. The van der Waals surface area contributed by atoms with Gasteiger partial charge < -0.3 is 15.4 Å². The molecule has 1 unspecified atom stereocenters. The van der Waals surface area contributed by atoms with Crippen molar-refractivity contribution in [3.05, 3.63) is 76.2 Å². The summed E-state index contributed by atoms with van der Waals surface area (Å²) in [7, 11) is 1.82. The van der Waals surface area contributed by atoms with E-state index in [1.54, 1.807) is 6.20 Å². The van der Waals surface area contributed by atoms with E-state index >= 15 is 0 Å². The molecule has 0 saturated carbocycles. The monoisotopic (exact) mass is 566 g/mol. The lowest BCUT2D eigenvalue weighted by molar-refractivity contribution is 0.0177. The van der Waals surface area contributed by atoms with Gasteiger partial charge in [0.2, 0.25) is 0 Å². The first kappa shape index (κ1) is 24.7. The summed E-state index contributed by atoms with van der Waals surface area (Å²) in [5, 5.41) is 13.4. The number of ether oxygens (including phenoxy) is 1. The van der Waals surface area contributed by atoms with Crippen LogP contribution in [-0.4, -0.2) is 60.5 Å². The second-order valence-corrected chi connectivity index (χ2v) is 8.49. The Morgan fingerprint density at radius 3 is 2.72 bits per heavy atom. The highest BCUT2D eigenvalue weighted by Crippen LogP contribution is 2.25. The summed E-state index contributed by atoms with van der Waals surface area (Å²) in [6.45, 7) is 5.80. The predicted molar refractivity (Wildman–Crippen MR) is 141 cm³/mol. The molecule has 9 heteroatoms. The maximum absolute atomic E-state index is 5.54. The summed E-state index contributed by atoms with van der Waals surface area (Å²) >= 11 is 1.81. The molecular formula is C23H31IN6OS. The zero-order valence-corrected chi connectivity index (χ0v) is 21.5. The molecule has 0 spiro atoms. The molecule has 1 aliphatic heterocycles. The normalized spacial score (nSPS) is 15.7. The summed E-state index contributed by atoms with van der Waals surface area (Å²) in [6, 6.07) is 15.2. The Morgan fingerprint density at radius 1 is 1.16 bits per heavy atom. The summed E-state index contributed by atoms with van der Waals surface area (Å²) in [4.78, 5) is 8.29. The van der Waals surface area contributed by atoms with E-state index in [0.29, 0.717) is 12.6 Å². The van der Waals surface area contributed by atoms with Crippen molar-refractivity contribution in [2.24, 2.45) is 4.99 Å². The lowest BCUT2D eigenvalue weighted by atomic mass is 10.1. The van der Waals surface area contributed by atoms with Gasteiger partial charge in [0.1, 0.15) is 0 Å². The van der Waals surface area contributed by atoms with Gasteiger partial charge in [-0.3, -0.25) is 14.6 Å². The third kappa shape index (κ3) is 7.03. The molecule has 1 saturated heterocycles. The molecule has 3 heterocycles. The van der Waals surface area contributed by atoms with Crippen molar-refractivity contribution in [3.8, 4) is 0 Å². The fourth-order valence-electron chi connectivity index (χ4n) is 3.80. The van der Waals surface area contributed by atoms with Crippen LogP contribution in [0.2, 0.25) is 0 Å². The van der Waals surface area contributed by atoms with Gasteiger partial charge in [0, 0.05) is 50.5 Å². The van der Waals surface area contributed by atoms with E-state index in [1.807, 2.05) is 35.3 Å². The first-order chi connectivity index (χ1) is 15.3. The quantitative estimate of drug-likeness (QED) is 0.249. The Morgan fingerprint density at radius 2 is 2.00 bits per heavy atom. The van der Waals surface area contributed by atoms with Gasteiger partial charge in [-0.2, -0.15) is 5.10 Å². The Kier molecular flexibility index (Phi) is 9.97. The van der Waals surface area contributed by atoms with Crippen LogP contribution in [0.25, 0.3) is 0 Å². The predicted octanol–water partition coefficient (Wildman–Crippen LogP) is 3.35. The van der Waals surface area contributed by atoms with E-state index in [-0.39, 0.29) is 24.0 Å². The minimum absolute atomic E-state index is 0. The van der Waals surface area contributed by atoms with Gasteiger partial charge in [-0.05, 0) is 28.6 Å². The first-order valence-electron chi connectivity index (χ1n) is 10.7. The van der Waals surface area contributed by atoms with Crippen molar-refractivity contribution >= 4 is 41.3 Å². The molecule has 32 heavy (non-hydrogen) atoms. The second kappa shape index (κ2) is 12.9. The molecule has 1 atom stereocenters. The minimum atomic E-state index is 0. The summed E-state index contributed by atoms with van der Waals surface area (Å²) in [6.07, 6.45) is 3.79. The number of benzene rings is 1. The fourth-order valence-corrected chi connectivity index (χ4v) is 4.66. The van der Waals surface area contributed by atoms with E-state index in [0.717, 1.165) is 45.4 Å². The molecule has 1 aromatic carbocycles. The smallest absolute Gasteiger partial charge is 0.191 e. The molecule has 7 nitrogen and oxygen atoms in total. The van der Waals surface area contributed by atoms with Crippen LogP contribution in [-0.2, 0) is 17.8 Å². The van der Waals surface area contributed by atoms with Gasteiger partial charge in [0.15, 0.2) is 5.96 Å². The van der Waals surface area contributed by atoms with Crippen LogP contribution >= 0.6 is 35.3 Å². The molecule has 0 radical (unpaired) electrons. The number of aliphatic imine (C=N–C) groups is 1. The molecule has 0 amide bonds. The lowest BCUT2D eigenvalue weighted by Gasteiger charge is -2.34. The number of morpholine rings is 1. The molecular weight excluding hydrogens is 535 g/mol. The number of halogens is 1. The zero-order valence-electron chi connectivity index (χ0n) is 18.3. The molecule has 0 aliphatic carbocycles. The molecule has 172 valence electrons. The van der Waals surface area contributed by atoms with E-state index in [9.17, 15) is 0 Å². The standard InChI is InChI=1S/C23H30N6OS.HI/c1-24-23(25-16-19-5-2-6-20(15-19)18-29-9-4-8-27-29)26-17-21(22-7-3-14-31-22)28-10-12-30-13-11-28;/h2-9,14-15,21H,10-13,16-18H2,1H3,(H2,24,25,26);1H. The van der Waals surface area contributed by atoms with Crippen LogP contribution in [0.3, 0.4) is 0 Å². The van der Waals surface area contributed by atoms with Crippen LogP contribution in [0, 0.1) is 0 Å². The van der Waals surface area contributed by atoms with Gasteiger partial charge in [-0.15, -0.1) is 35.3 Å². The fraction of sp³-hybridized carbons (Fsp3) is 0.391. The number of nitrogens with zero attached hydrogens (tertiary/aromatic N) is 4. The highest BCUT2D eigenvalue weighted by molar-refractivity contribution is 14.0. The largest absolute Gasteiger partial charge is 0.379 e. The van der Waals surface area contributed by atoms with Crippen LogP contribution in [0.4, 0.5) is 0 Å². The molecule has 1 aliphatic rings. The third-order valence-electron chi connectivity index (χ3n) is 5.40. The number of nitrogens with one attached hydrogen (secondary N) is 2. The lowest BCUT2D eigenvalue weighted by Crippen LogP contribution is -2.46. The van der Waals surface area contributed by atoms with Gasteiger partial charge >= 0.3 is 0 Å². The third-order valence-corrected chi connectivity index (χ3v) is 6.37. The highest BCUT2D eigenvalue weighted by atomic mass is 127. The minimum Gasteiger partial charge on any atom is -0.379 e. The molecule has 2 aromatic heterocycles. The Hall–Kier alpha value is -1.95. The van der Waals surface area contributed by atoms with E-state index in [2.05, 4.69) is 67.4 Å². The zero-order chi connectivity index (χ0) is 21.3. The Bertz CT molecular complexity index is 941. The summed E-state index contributed by atoms with van der Waals surface area (Å²) in [5.41, 5.74) is 2.45. The first-order valence-corrected chi connectivity index (χ1v) is 11.5. The van der Waals surface area contributed by atoms with Crippen molar-refractivity contribution in [2.45, 2.75) is 19.1 Å². The van der Waals surface area contributed by atoms with Crippen LogP contribution in [0.1, 0.15) is 22.0 Å². The van der Waals surface area contributed by atoms with Gasteiger partial charge in [0.25, 0.3) is 0 Å². The molecule has 2 N–H and O–H groups in total. The van der Waals surface area contributed by atoms with Crippen molar-refractivity contribution in [1.29, 1.82) is 0 Å². The molecule has 0 bridgehead atoms. The maximum Gasteiger partial charge on any atom is 0.191 e. The summed E-state index contributed by atoms with van der Waals surface area (Å²) < 4.78 is 7.48. The van der Waals surface area contributed by atoms with Gasteiger partial charge in [-0.25, -0.2) is 0 Å². The Balaban J connectivity index is 0.00000289. The number of thiophene rings is 1. The van der Waals surface area contributed by atoms with Crippen molar-refractivity contribution in [2.75, 3.05) is 39.9 Å². The van der Waals surface area contributed by atoms with E-state index < -0.39 is 0 Å². The SMILES string of the molecule is CN=C(NCc1cccc(Cn2cccn2)c1)NCC(c1cccs1)N1CCOCC1.I. The second-order valence-electron chi connectivity index (χ2n) is 7.51. The molecule has 1 fully saturated rings. The molecule has 4 rings (SSSR count). The van der Waals surface area contributed by atoms with Crippen molar-refractivity contribution in [3.63, 3.8) is 0 Å². The Labute approximate surface area is 210 Å². The van der Waals surface area contributed by atoms with Crippen molar-refractivity contribution < 1.29 is 4.74 Å². The summed E-state index contributed by atoms with van der Waals surface area (Å²) in [5.74, 6) is 0.812.